The van der Waals surface area contributed by atoms with Gasteiger partial charge in [0.2, 0.25) is 0 Å². The zero-order valence-electron chi connectivity index (χ0n) is 8.31. The van der Waals surface area contributed by atoms with Crippen molar-refractivity contribution in [3.05, 3.63) is 47.6 Å². The van der Waals surface area contributed by atoms with E-state index in [1.165, 1.54) is 0 Å². The number of rotatable bonds is 0. The van der Waals surface area contributed by atoms with E-state index >= 15 is 0 Å². The maximum Gasteiger partial charge on any atom is 0.129 e. The van der Waals surface area contributed by atoms with Gasteiger partial charge in [0.15, 0.2) is 0 Å². The molecular weight excluding hydrogens is 222 g/mol. The highest BCUT2D eigenvalue weighted by atomic mass is 35.5. The Kier molecular flexibility index (Phi) is 1.98. The number of nitrogens with zero attached hydrogens (tertiary/aromatic N) is 1. The van der Waals surface area contributed by atoms with E-state index in [1.54, 1.807) is 12.1 Å². The summed E-state index contributed by atoms with van der Waals surface area (Å²) in [5.74, 6) is 0.234. The van der Waals surface area contributed by atoms with Crippen LogP contribution in [0.2, 0.25) is 5.15 Å². The summed E-state index contributed by atoms with van der Waals surface area (Å²) in [7, 11) is 0. The van der Waals surface area contributed by atoms with Crippen molar-refractivity contribution < 1.29 is 5.11 Å². The van der Waals surface area contributed by atoms with Gasteiger partial charge in [-0.15, -0.1) is 0 Å². The lowest BCUT2D eigenvalue weighted by molar-refractivity contribution is 0.482. The molecule has 78 valence electrons. The predicted octanol–water partition coefficient (Wildman–Crippen LogP) is 3.75. The predicted molar refractivity (Wildman–Crippen MR) is 65.9 cm³/mol. The van der Waals surface area contributed by atoms with Crippen LogP contribution in [0.15, 0.2) is 42.5 Å². The van der Waals surface area contributed by atoms with Crippen LogP contribution in [-0.2, 0) is 0 Å². The summed E-state index contributed by atoms with van der Waals surface area (Å²) in [6, 6.07) is 13.0. The first-order chi connectivity index (χ1) is 7.75. The van der Waals surface area contributed by atoms with Gasteiger partial charge in [-0.1, -0.05) is 35.9 Å². The summed E-state index contributed by atoms with van der Waals surface area (Å²) in [6.07, 6.45) is 0. The van der Waals surface area contributed by atoms with Crippen molar-refractivity contribution in [3.63, 3.8) is 0 Å². The van der Waals surface area contributed by atoms with Gasteiger partial charge in [0.25, 0.3) is 0 Å². The van der Waals surface area contributed by atoms with E-state index in [-0.39, 0.29) is 5.75 Å². The number of hydrogen-bond donors (Lipinski definition) is 1. The summed E-state index contributed by atoms with van der Waals surface area (Å²) in [5, 5.41) is 13.0. The molecule has 0 atom stereocenters. The summed E-state index contributed by atoms with van der Waals surface area (Å²) in [6.45, 7) is 0. The average Bonchev–Trinajstić information content (AvgIpc) is 2.28. The fourth-order valence-electron chi connectivity index (χ4n) is 1.91. The average molecular weight is 230 g/mol. The molecule has 3 rings (SSSR count). The van der Waals surface area contributed by atoms with E-state index in [0.717, 1.165) is 21.7 Å². The first-order valence-corrected chi connectivity index (χ1v) is 5.30. The summed E-state index contributed by atoms with van der Waals surface area (Å²) < 4.78 is 0. The van der Waals surface area contributed by atoms with Gasteiger partial charge in [-0.3, -0.25) is 0 Å². The van der Waals surface area contributed by atoms with Crippen LogP contribution >= 0.6 is 11.6 Å². The molecule has 2 aromatic carbocycles. The topological polar surface area (TPSA) is 33.1 Å². The second-order valence-electron chi connectivity index (χ2n) is 3.65. The van der Waals surface area contributed by atoms with Gasteiger partial charge in [0, 0.05) is 10.8 Å². The van der Waals surface area contributed by atoms with Crippen LogP contribution in [-0.4, -0.2) is 10.1 Å². The van der Waals surface area contributed by atoms with E-state index in [4.69, 9.17) is 11.6 Å². The van der Waals surface area contributed by atoms with Gasteiger partial charge in [-0.05, 0) is 23.6 Å². The zero-order valence-corrected chi connectivity index (χ0v) is 9.07. The van der Waals surface area contributed by atoms with Crippen LogP contribution in [0.4, 0.5) is 0 Å². The van der Waals surface area contributed by atoms with Gasteiger partial charge in [-0.2, -0.15) is 0 Å². The maximum absolute atomic E-state index is 9.88. The second kappa shape index (κ2) is 3.35. The van der Waals surface area contributed by atoms with Crippen LogP contribution in [0.25, 0.3) is 21.7 Å². The molecule has 0 amide bonds. The third kappa shape index (κ3) is 1.31. The highest BCUT2D eigenvalue weighted by molar-refractivity contribution is 6.30. The van der Waals surface area contributed by atoms with Crippen molar-refractivity contribution in [2.75, 3.05) is 0 Å². The number of phenols is 1. The van der Waals surface area contributed by atoms with Crippen LogP contribution in [0, 0.1) is 0 Å². The summed E-state index contributed by atoms with van der Waals surface area (Å²) in [5.41, 5.74) is 0.739. The minimum Gasteiger partial charge on any atom is -0.507 e. The van der Waals surface area contributed by atoms with Crippen molar-refractivity contribution in [2.24, 2.45) is 0 Å². The van der Waals surface area contributed by atoms with Gasteiger partial charge < -0.3 is 5.11 Å². The van der Waals surface area contributed by atoms with Crippen LogP contribution < -0.4 is 0 Å². The Morgan fingerprint density at radius 1 is 0.938 bits per heavy atom. The van der Waals surface area contributed by atoms with E-state index in [2.05, 4.69) is 4.98 Å². The quantitative estimate of drug-likeness (QED) is 0.471. The van der Waals surface area contributed by atoms with Crippen LogP contribution in [0.3, 0.4) is 0 Å². The molecule has 0 aliphatic carbocycles. The summed E-state index contributed by atoms with van der Waals surface area (Å²) in [4.78, 5) is 4.27. The lowest BCUT2D eigenvalue weighted by Crippen LogP contribution is -1.83. The molecule has 1 N–H and O–H groups in total. The van der Waals surface area contributed by atoms with Gasteiger partial charge in [-0.25, -0.2) is 4.98 Å². The molecule has 0 unspecified atom stereocenters. The Bertz CT molecular complexity index is 694. The number of benzene rings is 2. The Morgan fingerprint density at radius 2 is 1.69 bits per heavy atom. The first kappa shape index (κ1) is 9.43. The van der Waals surface area contributed by atoms with Crippen LogP contribution in [0.1, 0.15) is 0 Å². The van der Waals surface area contributed by atoms with Gasteiger partial charge in [0.05, 0.1) is 5.52 Å². The third-order valence-corrected chi connectivity index (χ3v) is 2.86. The monoisotopic (exact) mass is 229 g/mol. The molecule has 0 aliphatic rings. The fraction of sp³-hybridized carbons (Fsp3) is 0. The molecular formula is C13H8ClNO. The number of pyridine rings is 1. The Labute approximate surface area is 97.1 Å². The van der Waals surface area contributed by atoms with Crippen molar-refractivity contribution >= 4 is 33.3 Å². The fourth-order valence-corrected chi connectivity index (χ4v) is 2.06. The maximum atomic E-state index is 9.88. The van der Waals surface area contributed by atoms with Crippen molar-refractivity contribution in [2.45, 2.75) is 0 Å². The van der Waals surface area contributed by atoms with E-state index in [9.17, 15) is 5.11 Å². The van der Waals surface area contributed by atoms with Crippen molar-refractivity contribution in [3.8, 4) is 5.75 Å². The molecule has 1 aromatic heterocycles. The SMILES string of the molecule is Oc1cccc2ccc3ccc(Cl)nc3c12. The molecule has 0 radical (unpaired) electrons. The molecule has 0 saturated heterocycles. The smallest absolute Gasteiger partial charge is 0.129 e. The van der Waals surface area contributed by atoms with E-state index in [0.29, 0.717) is 5.15 Å². The minimum atomic E-state index is 0.234. The van der Waals surface area contributed by atoms with Gasteiger partial charge >= 0.3 is 0 Å². The number of aromatic nitrogens is 1. The first-order valence-electron chi connectivity index (χ1n) is 4.93. The third-order valence-electron chi connectivity index (χ3n) is 2.65. The summed E-state index contributed by atoms with van der Waals surface area (Å²) >= 11 is 5.88. The van der Waals surface area contributed by atoms with Crippen molar-refractivity contribution in [1.29, 1.82) is 0 Å². The second-order valence-corrected chi connectivity index (χ2v) is 4.03. The highest BCUT2D eigenvalue weighted by Crippen LogP contribution is 2.31. The standard InChI is InChI=1S/C13H8ClNO/c14-11-7-6-9-5-4-8-2-1-3-10(16)12(8)13(9)15-11/h1-7,16H. The number of hydrogen-bond acceptors (Lipinski definition) is 2. The van der Waals surface area contributed by atoms with E-state index in [1.807, 2.05) is 30.3 Å². The highest BCUT2D eigenvalue weighted by Gasteiger charge is 2.06. The van der Waals surface area contributed by atoms with Crippen LogP contribution in [0.5, 0.6) is 5.75 Å². The lowest BCUT2D eigenvalue weighted by atomic mass is 10.1. The molecule has 3 heteroatoms. The number of fused-ring (bicyclic) bond motifs is 3. The zero-order chi connectivity index (χ0) is 11.1. The number of phenolic OH excluding ortho intramolecular Hbond substituents is 1. The minimum absolute atomic E-state index is 0.234. The molecule has 0 fully saturated rings. The molecule has 0 bridgehead atoms. The lowest BCUT2D eigenvalue weighted by Gasteiger charge is -2.05. The molecule has 0 spiro atoms. The molecule has 0 aliphatic heterocycles. The van der Waals surface area contributed by atoms with Crippen molar-refractivity contribution in [1.82, 2.24) is 4.98 Å². The van der Waals surface area contributed by atoms with E-state index < -0.39 is 0 Å². The Hall–Kier alpha value is -1.80. The molecule has 16 heavy (non-hydrogen) atoms. The molecule has 2 nitrogen and oxygen atoms in total. The molecule has 3 aromatic rings. The normalized spacial score (nSPS) is 11.1. The Morgan fingerprint density at radius 3 is 2.56 bits per heavy atom. The molecule has 0 saturated carbocycles. The Balaban J connectivity index is 2.61. The number of aromatic hydroxyl groups is 1. The number of halogens is 1. The molecule has 1 heterocycles. The van der Waals surface area contributed by atoms with Gasteiger partial charge in [0.1, 0.15) is 10.9 Å². The largest absolute Gasteiger partial charge is 0.507 e.